The first kappa shape index (κ1) is 21.7. The highest BCUT2D eigenvalue weighted by molar-refractivity contribution is 5.92. The first-order valence-corrected chi connectivity index (χ1v) is 13.6. The molecule has 0 aromatic carbocycles. The summed E-state index contributed by atoms with van der Waals surface area (Å²) in [4.78, 5) is 29.7. The highest BCUT2D eigenvalue weighted by Gasteiger charge is 2.60. The van der Waals surface area contributed by atoms with Crippen LogP contribution in [-0.2, 0) is 9.59 Å². The third-order valence-electron chi connectivity index (χ3n) is 9.33. The number of aliphatic hydroxyl groups is 1. The lowest BCUT2D eigenvalue weighted by Crippen LogP contribution is -2.56. The van der Waals surface area contributed by atoms with Crippen LogP contribution in [0.15, 0.2) is 47.4 Å². The molecule has 35 heavy (non-hydrogen) atoms. The fourth-order valence-electron chi connectivity index (χ4n) is 6.81. The third-order valence-corrected chi connectivity index (χ3v) is 9.33. The molecule has 3 aliphatic heterocycles. The Morgan fingerprint density at radius 3 is 2.71 bits per heavy atom. The molecule has 3 heterocycles. The van der Waals surface area contributed by atoms with Gasteiger partial charge < -0.3 is 20.2 Å². The van der Waals surface area contributed by atoms with Crippen LogP contribution in [0.5, 0.6) is 0 Å². The van der Waals surface area contributed by atoms with Crippen LogP contribution in [0.2, 0.25) is 0 Å². The Bertz CT molecular complexity index is 1060. The molecule has 4 atom stereocenters. The summed E-state index contributed by atoms with van der Waals surface area (Å²) in [7, 11) is 0. The summed E-state index contributed by atoms with van der Waals surface area (Å²) in [6.07, 6.45) is 19.0. The number of carbonyl (C=O) groups excluding carboxylic acids is 2. The standard InChI is InChI=1S/C28H36N4O3/c33-25-22(13-21-3-1-2-4-23(21)29-25)18-5-7-19(8-6-18)24-30-28(11-12-28)27(35)32(24)16-17-14-31(15-17)26(34)20-9-10-20/h2,4-7,17,19-21,23-24,29-30,33H,1,3,8-16H2. The van der Waals surface area contributed by atoms with E-state index in [2.05, 4.69) is 45.9 Å². The summed E-state index contributed by atoms with van der Waals surface area (Å²) in [5.41, 5.74) is 1.80. The lowest BCUT2D eigenvalue weighted by molar-refractivity contribution is -0.141. The number of nitrogens with zero attached hydrogens (tertiary/aromatic N) is 2. The zero-order chi connectivity index (χ0) is 23.7. The van der Waals surface area contributed by atoms with Crippen molar-refractivity contribution in [2.45, 2.75) is 69.1 Å². The van der Waals surface area contributed by atoms with Crippen molar-refractivity contribution < 1.29 is 14.7 Å². The van der Waals surface area contributed by atoms with E-state index < -0.39 is 0 Å². The van der Waals surface area contributed by atoms with E-state index in [1.807, 2.05) is 4.90 Å². The van der Waals surface area contributed by atoms with E-state index in [-0.39, 0.29) is 35.5 Å². The first-order valence-electron chi connectivity index (χ1n) is 13.6. The van der Waals surface area contributed by atoms with Crippen molar-refractivity contribution in [3.63, 3.8) is 0 Å². The number of allylic oxidation sites excluding steroid dienone is 5. The molecular formula is C28H36N4O3. The average Bonchev–Trinajstić information content (AvgIpc) is 3.76. The number of rotatable bonds is 5. The van der Waals surface area contributed by atoms with Crippen LogP contribution < -0.4 is 10.6 Å². The summed E-state index contributed by atoms with van der Waals surface area (Å²) in [5.74, 6) is 2.30. The molecule has 7 nitrogen and oxygen atoms in total. The first-order chi connectivity index (χ1) is 17.0. The number of carbonyl (C=O) groups is 2. The quantitative estimate of drug-likeness (QED) is 0.532. The van der Waals surface area contributed by atoms with Crippen molar-refractivity contribution in [3.8, 4) is 0 Å². The van der Waals surface area contributed by atoms with Crippen LogP contribution in [0, 0.1) is 23.7 Å². The maximum Gasteiger partial charge on any atom is 0.244 e. The maximum absolute atomic E-state index is 13.3. The van der Waals surface area contributed by atoms with Gasteiger partial charge in [-0.3, -0.25) is 14.9 Å². The van der Waals surface area contributed by atoms with Crippen LogP contribution in [0.1, 0.15) is 51.4 Å². The highest BCUT2D eigenvalue weighted by atomic mass is 16.3. The molecule has 4 unspecified atom stereocenters. The molecule has 2 amide bonds. The highest BCUT2D eigenvalue weighted by Crippen LogP contribution is 2.45. The Balaban J connectivity index is 1.02. The summed E-state index contributed by atoms with van der Waals surface area (Å²) in [6, 6.07) is 0.243. The van der Waals surface area contributed by atoms with Crippen molar-refractivity contribution >= 4 is 11.8 Å². The van der Waals surface area contributed by atoms with Gasteiger partial charge in [-0.2, -0.15) is 0 Å². The van der Waals surface area contributed by atoms with Crippen molar-refractivity contribution in [2.75, 3.05) is 19.6 Å². The zero-order valence-electron chi connectivity index (χ0n) is 20.3. The molecular weight excluding hydrogens is 440 g/mol. The number of hydrogen-bond donors (Lipinski definition) is 3. The van der Waals surface area contributed by atoms with Crippen molar-refractivity contribution in [3.05, 3.63) is 47.4 Å². The van der Waals surface area contributed by atoms with Crippen LogP contribution >= 0.6 is 0 Å². The van der Waals surface area contributed by atoms with E-state index in [0.717, 1.165) is 82.1 Å². The van der Waals surface area contributed by atoms with Gasteiger partial charge in [-0.05, 0) is 62.9 Å². The largest absolute Gasteiger partial charge is 0.495 e. The number of fused-ring (bicyclic) bond motifs is 1. The third kappa shape index (κ3) is 3.74. The van der Waals surface area contributed by atoms with Gasteiger partial charge in [-0.1, -0.05) is 30.4 Å². The van der Waals surface area contributed by atoms with Crippen LogP contribution in [0.3, 0.4) is 0 Å². The molecule has 0 aromatic rings. The van der Waals surface area contributed by atoms with Gasteiger partial charge in [0.25, 0.3) is 0 Å². The van der Waals surface area contributed by atoms with E-state index in [1.165, 1.54) is 0 Å². The topological polar surface area (TPSA) is 84.9 Å². The average molecular weight is 477 g/mol. The van der Waals surface area contributed by atoms with Gasteiger partial charge in [0.15, 0.2) is 5.88 Å². The van der Waals surface area contributed by atoms with E-state index >= 15 is 0 Å². The zero-order valence-corrected chi connectivity index (χ0v) is 20.3. The number of nitrogens with one attached hydrogen (secondary N) is 2. The van der Waals surface area contributed by atoms with E-state index in [0.29, 0.717) is 23.6 Å². The van der Waals surface area contributed by atoms with E-state index in [9.17, 15) is 14.7 Å². The second-order valence-electron chi connectivity index (χ2n) is 11.9. The minimum Gasteiger partial charge on any atom is -0.495 e. The molecule has 186 valence electrons. The molecule has 7 aliphatic rings. The predicted octanol–water partition coefficient (Wildman–Crippen LogP) is 2.75. The minimum atomic E-state index is -0.340. The second-order valence-corrected chi connectivity index (χ2v) is 11.9. The summed E-state index contributed by atoms with van der Waals surface area (Å²) < 4.78 is 0. The maximum atomic E-state index is 13.3. The molecule has 1 spiro atoms. The van der Waals surface area contributed by atoms with Gasteiger partial charge in [0, 0.05) is 43.0 Å². The lowest BCUT2D eigenvalue weighted by atomic mass is 9.79. The number of aliphatic hydroxyl groups excluding tert-OH is 1. The van der Waals surface area contributed by atoms with Gasteiger partial charge in [0.2, 0.25) is 11.8 Å². The van der Waals surface area contributed by atoms with Gasteiger partial charge in [0.05, 0.1) is 17.7 Å². The molecule has 0 radical (unpaired) electrons. The van der Waals surface area contributed by atoms with Gasteiger partial charge in [-0.15, -0.1) is 0 Å². The Morgan fingerprint density at radius 2 is 2.00 bits per heavy atom. The SMILES string of the molecule is O=C(C1CC1)N1CC(CN2C(=O)C3(CC3)NC2C2C=CC(C3=C(O)NC4C=CCCC4C3)=CC2)C1. The molecule has 4 fully saturated rings. The van der Waals surface area contributed by atoms with E-state index in [1.54, 1.807) is 0 Å². The smallest absolute Gasteiger partial charge is 0.244 e. The van der Waals surface area contributed by atoms with E-state index in [4.69, 9.17) is 0 Å². The molecule has 3 N–H and O–H groups in total. The fourth-order valence-corrected chi connectivity index (χ4v) is 6.81. The van der Waals surface area contributed by atoms with Gasteiger partial charge >= 0.3 is 0 Å². The molecule has 0 aromatic heterocycles. The van der Waals surface area contributed by atoms with Crippen molar-refractivity contribution in [1.29, 1.82) is 0 Å². The molecule has 4 aliphatic carbocycles. The summed E-state index contributed by atoms with van der Waals surface area (Å²) in [6.45, 7) is 2.32. The summed E-state index contributed by atoms with van der Waals surface area (Å²) >= 11 is 0. The molecule has 7 rings (SSSR count). The minimum absolute atomic E-state index is 0.00662. The molecule has 0 bridgehead atoms. The van der Waals surface area contributed by atoms with Crippen LogP contribution in [0.4, 0.5) is 0 Å². The monoisotopic (exact) mass is 476 g/mol. The number of amides is 2. The fraction of sp³-hybridized carbons (Fsp3) is 0.643. The predicted molar refractivity (Wildman–Crippen MR) is 132 cm³/mol. The normalized spacial score (nSPS) is 35.7. The Hall–Kier alpha value is -2.54. The molecule has 2 saturated carbocycles. The van der Waals surface area contributed by atoms with Gasteiger partial charge in [-0.25, -0.2) is 0 Å². The Labute approximate surface area is 207 Å². The summed E-state index contributed by atoms with van der Waals surface area (Å²) in [5, 5.41) is 17.7. The Kier molecular flexibility index (Phi) is 4.96. The lowest BCUT2D eigenvalue weighted by Gasteiger charge is -2.43. The van der Waals surface area contributed by atoms with Gasteiger partial charge in [0.1, 0.15) is 0 Å². The number of hydrogen-bond acceptors (Lipinski definition) is 5. The van der Waals surface area contributed by atoms with Crippen LogP contribution in [0.25, 0.3) is 0 Å². The molecule has 2 saturated heterocycles. The number of likely N-dealkylation sites (tertiary alicyclic amines) is 1. The molecule has 7 heteroatoms. The van der Waals surface area contributed by atoms with Crippen LogP contribution in [-0.4, -0.2) is 64.1 Å². The van der Waals surface area contributed by atoms with Crippen molar-refractivity contribution in [2.24, 2.45) is 23.7 Å². The van der Waals surface area contributed by atoms with Crippen molar-refractivity contribution in [1.82, 2.24) is 20.4 Å². The Morgan fingerprint density at radius 1 is 1.17 bits per heavy atom. The second kappa shape index (κ2) is 7.99.